The van der Waals surface area contributed by atoms with Crippen molar-refractivity contribution in [2.45, 2.75) is 25.0 Å². The maximum absolute atomic E-state index is 12.9. The van der Waals surface area contributed by atoms with Gasteiger partial charge in [-0.3, -0.25) is 14.3 Å². The third-order valence-electron chi connectivity index (χ3n) is 5.86. The standard InChI is InChI=1S/C25H30N4O2S/c1-19-7-6-10-23(20(19)2)29-12-11-26-25(29)32-18-24(30)27-22(21-8-4-3-5-9-21)17-28-13-15-31-16-14-28/h3-12,22H,13-18H2,1-2H3,(H,27,30). The van der Waals surface area contributed by atoms with Crippen molar-refractivity contribution in [3.05, 3.63) is 77.6 Å². The van der Waals surface area contributed by atoms with Gasteiger partial charge in [-0.15, -0.1) is 0 Å². The molecule has 4 rings (SSSR count). The Hall–Kier alpha value is -2.61. The Labute approximate surface area is 194 Å². The lowest BCUT2D eigenvalue weighted by Gasteiger charge is -2.31. The minimum atomic E-state index is -0.0545. The van der Waals surface area contributed by atoms with E-state index in [-0.39, 0.29) is 11.9 Å². The van der Waals surface area contributed by atoms with Crippen LogP contribution < -0.4 is 5.32 Å². The lowest BCUT2D eigenvalue weighted by atomic mass is 10.1. The summed E-state index contributed by atoms with van der Waals surface area (Å²) in [5.41, 5.74) is 4.67. The number of ether oxygens (including phenoxy) is 1. The molecule has 1 saturated heterocycles. The Kier molecular flexibility index (Phi) is 7.63. The molecule has 1 N–H and O–H groups in total. The largest absolute Gasteiger partial charge is 0.379 e. The third-order valence-corrected chi connectivity index (χ3v) is 6.82. The van der Waals surface area contributed by atoms with Crippen LogP contribution in [0.15, 0.2) is 66.1 Å². The summed E-state index contributed by atoms with van der Waals surface area (Å²) in [6, 6.07) is 16.4. The van der Waals surface area contributed by atoms with Crippen LogP contribution in [0.3, 0.4) is 0 Å². The van der Waals surface area contributed by atoms with E-state index in [0.29, 0.717) is 5.75 Å². The van der Waals surface area contributed by atoms with Crippen LogP contribution in [0.25, 0.3) is 5.69 Å². The molecular weight excluding hydrogens is 420 g/mol. The van der Waals surface area contributed by atoms with Crippen molar-refractivity contribution >= 4 is 17.7 Å². The minimum absolute atomic E-state index is 0.00706. The van der Waals surface area contributed by atoms with Crippen LogP contribution in [0.4, 0.5) is 0 Å². The predicted molar refractivity (Wildman–Crippen MR) is 128 cm³/mol. The predicted octanol–water partition coefficient (Wildman–Crippen LogP) is 3.77. The minimum Gasteiger partial charge on any atom is -0.379 e. The number of aromatic nitrogens is 2. The molecule has 7 heteroatoms. The molecule has 1 fully saturated rings. The molecule has 0 saturated carbocycles. The van der Waals surface area contributed by atoms with Crippen molar-refractivity contribution < 1.29 is 9.53 Å². The first-order chi connectivity index (χ1) is 15.6. The van der Waals surface area contributed by atoms with Crippen LogP contribution in [0.2, 0.25) is 0 Å². The number of morpholine rings is 1. The van der Waals surface area contributed by atoms with E-state index in [9.17, 15) is 4.79 Å². The molecule has 1 amide bonds. The number of nitrogens with zero attached hydrogens (tertiary/aromatic N) is 3. The van der Waals surface area contributed by atoms with Gasteiger partial charge in [0.15, 0.2) is 5.16 Å². The summed E-state index contributed by atoms with van der Waals surface area (Å²) < 4.78 is 7.53. The molecule has 1 aromatic heterocycles. The van der Waals surface area contributed by atoms with E-state index in [1.54, 1.807) is 6.20 Å². The number of carbonyl (C=O) groups is 1. The second-order valence-corrected chi connectivity index (χ2v) is 8.97. The summed E-state index contributed by atoms with van der Waals surface area (Å²) in [5, 5.41) is 4.06. The second kappa shape index (κ2) is 10.8. The lowest BCUT2D eigenvalue weighted by molar-refractivity contribution is -0.119. The van der Waals surface area contributed by atoms with E-state index >= 15 is 0 Å². The van der Waals surface area contributed by atoms with E-state index in [1.165, 1.54) is 22.9 Å². The summed E-state index contributed by atoms with van der Waals surface area (Å²) >= 11 is 1.46. The van der Waals surface area contributed by atoms with Gasteiger partial charge in [-0.1, -0.05) is 54.2 Å². The van der Waals surface area contributed by atoms with Gasteiger partial charge in [0, 0.05) is 32.0 Å². The average Bonchev–Trinajstić information content (AvgIpc) is 3.29. The maximum Gasteiger partial charge on any atom is 0.231 e. The summed E-state index contributed by atoms with van der Waals surface area (Å²) in [4.78, 5) is 19.8. The molecule has 1 aliphatic rings. The van der Waals surface area contributed by atoms with Crippen molar-refractivity contribution in [1.82, 2.24) is 19.8 Å². The highest BCUT2D eigenvalue weighted by Crippen LogP contribution is 2.24. The third kappa shape index (κ3) is 5.59. The summed E-state index contributed by atoms with van der Waals surface area (Å²) in [6.07, 6.45) is 3.74. The number of hydrogen-bond acceptors (Lipinski definition) is 5. The fourth-order valence-electron chi connectivity index (χ4n) is 3.90. The SMILES string of the molecule is Cc1cccc(-n2ccnc2SCC(=O)NC(CN2CCOCC2)c2ccccc2)c1C. The van der Waals surface area contributed by atoms with Crippen molar-refractivity contribution in [3.63, 3.8) is 0 Å². The number of imidazole rings is 1. The molecule has 3 aromatic rings. The molecule has 0 spiro atoms. The molecule has 0 aliphatic carbocycles. The summed E-state index contributed by atoms with van der Waals surface area (Å²) in [6.45, 7) is 8.26. The topological polar surface area (TPSA) is 59.4 Å². The van der Waals surface area contributed by atoms with Crippen molar-refractivity contribution in [3.8, 4) is 5.69 Å². The van der Waals surface area contributed by atoms with Crippen LogP contribution in [0.1, 0.15) is 22.7 Å². The number of hydrogen-bond donors (Lipinski definition) is 1. The smallest absolute Gasteiger partial charge is 0.231 e. The van der Waals surface area contributed by atoms with Gasteiger partial charge < -0.3 is 10.1 Å². The van der Waals surface area contributed by atoms with Crippen LogP contribution in [0.5, 0.6) is 0 Å². The molecular formula is C25H30N4O2S. The van der Waals surface area contributed by atoms with Crippen LogP contribution in [0, 0.1) is 13.8 Å². The Morgan fingerprint density at radius 3 is 2.69 bits per heavy atom. The van der Waals surface area contributed by atoms with Crippen molar-refractivity contribution in [2.75, 3.05) is 38.6 Å². The summed E-state index contributed by atoms with van der Waals surface area (Å²) in [7, 11) is 0. The molecule has 32 heavy (non-hydrogen) atoms. The lowest BCUT2D eigenvalue weighted by Crippen LogP contribution is -2.43. The first-order valence-corrected chi connectivity index (χ1v) is 12.0. The number of carbonyl (C=O) groups excluding carboxylic acids is 1. The highest BCUT2D eigenvalue weighted by atomic mass is 32.2. The Balaban J connectivity index is 1.42. The highest BCUT2D eigenvalue weighted by Gasteiger charge is 2.20. The molecule has 6 nitrogen and oxygen atoms in total. The maximum atomic E-state index is 12.9. The van der Waals surface area contributed by atoms with E-state index in [4.69, 9.17) is 4.74 Å². The van der Waals surface area contributed by atoms with Gasteiger partial charge in [0.1, 0.15) is 0 Å². The summed E-state index contributed by atoms with van der Waals surface area (Å²) in [5.74, 6) is 0.321. The molecule has 2 heterocycles. The fraction of sp³-hybridized carbons (Fsp3) is 0.360. The Morgan fingerprint density at radius 1 is 1.12 bits per heavy atom. The zero-order valence-electron chi connectivity index (χ0n) is 18.7. The number of aryl methyl sites for hydroxylation is 1. The van der Waals surface area contributed by atoms with Gasteiger partial charge in [-0.25, -0.2) is 4.98 Å². The molecule has 1 atom stereocenters. The molecule has 2 aromatic carbocycles. The molecule has 0 radical (unpaired) electrons. The van der Waals surface area contributed by atoms with Crippen molar-refractivity contribution in [2.24, 2.45) is 0 Å². The Morgan fingerprint density at radius 2 is 1.91 bits per heavy atom. The number of rotatable bonds is 8. The van der Waals surface area contributed by atoms with Gasteiger partial charge in [0.25, 0.3) is 0 Å². The molecule has 1 unspecified atom stereocenters. The molecule has 0 bridgehead atoms. The highest BCUT2D eigenvalue weighted by molar-refractivity contribution is 7.99. The monoisotopic (exact) mass is 450 g/mol. The van der Waals surface area contributed by atoms with E-state index in [1.807, 2.05) is 24.4 Å². The number of amides is 1. The zero-order chi connectivity index (χ0) is 22.3. The Bertz CT molecular complexity index is 1030. The van der Waals surface area contributed by atoms with E-state index in [2.05, 4.69) is 63.9 Å². The van der Waals surface area contributed by atoms with Gasteiger partial charge in [-0.2, -0.15) is 0 Å². The first kappa shape index (κ1) is 22.6. The molecule has 168 valence electrons. The molecule has 1 aliphatic heterocycles. The van der Waals surface area contributed by atoms with Crippen LogP contribution in [-0.2, 0) is 9.53 Å². The quantitative estimate of drug-likeness (QED) is 0.530. The van der Waals surface area contributed by atoms with Crippen LogP contribution in [-0.4, -0.2) is 59.0 Å². The number of benzene rings is 2. The van der Waals surface area contributed by atoms with E-state index < -0.39 is 0 Å². The zero-order valence-corrected chi connectivity index (χ0v) is 19.5. The fourth-order valence-corrected chi connectivity index (χ4v) is 4.68. The van der Waals surface area contributed by atoms with E-state index in [0.717, 1.165) is 49.3 Å². The first-order valence-electron chi connectivity index (χ1n) is 11.0. The van der Waals surface area contributed by atoms with Gasteiger partial charge in [0.05, 0.1) is 30.7 Å². The number of thioether (sulfide) groups is 1. The van der Waals surface area contributed by atoms with Gasteiger partial charge in [-0.05, 0) is 36.6 Å². The number of nitrogens with one attached hydrogen (secondary N) is 1. The average molecular weight is 451 g/mol. The van der Waals surface area contributed by atoms with Crippen LogP contribution >= 0.6 is 11.8 Å². The normalized spacial score (nSPS) is 15.4. The van der Waals surface area contributed by atoms with Crippen molar-refractivity contribution in [1.29, 1.82) is 0 Å². The second-order valence-electron chi connectivity index (χ2n) is 8.03. The van der Waals surface area contributed by atoms with Gasteiger partial charge in [0.2, 0.25) is 5.91 Å². The van der Waals surface area contributed by atoms with Gasteiger partial charge >= 0.3 is 0 Å².